The molecule has 2 aromatic rings. The smallest absolute Gasteiger partial charge is 0.273 e. The molecular formula is C24H31ClN4O2. The van der Waals surface area contributed by atoms with Gasteiger partial charge in [0.15, 0.2) is 0 Å². The van der Waals surface area contributed by atoms with Gasteiger partial charge in [-0.3, -0.25) is 14.3 Å². The summed E-state index contributed by atoms with van der Waals surface area (Å²) in [7, 11) is 0. The first-order chi connectivity index (χ1) is 14.8. The van der Waals surface area contributed by atoms with Crippen molar-refractivity contribution in [2.24, 2.45) is 0 Å². The molecule has 1 saturated carbocycles. The molecule has 1 fully saturated rings. The summed E-state index contributed by atoms with van der Waals surface area (Å²) in [5.41, 5.74) is 1.32. The van der Waals surface area contributed by atoms with Crippen LogP contribution in [-0.4, -0.2) is 38.1 Å². The monoisotopic (exact) mass is 442 g/mol. The Hall–Kier alpha value is -2.34. The summed E-state index contributed by atoms with van der Waals surface area (Å²) in [6.45, 7) is 6.65. The predicted octanol–water partition coefficient (Wildman–Crippen LogP) is 4.52. The van der Waals surface area contributed by atoms with E-state index in [1.54, 1.807) is 9.58 Å². The Balaban J connectivity index is 1.68. The van der Waals surface area contributed by atoms with Crippen LogP contribution in [0, 0.1) is 0 Å². The van der Waals surface area contributed by atoms with Crippen molar-refractivity contribution in [2.75, 3.05) is 0 Å². The number of benzene rings is 1. The molecule has 1 N–H and O–H groups in total. The summed E-state index contributed by atoms with van der Waals surface area (Å²) in [5, 5.41) is 8.53. The van der Waals surface area contributed by atoms with Gasteiger partial charge in [0.1, 0.15) is 11.2 Å². The second-order valence-electron chi connectivity index (χ2n) is 9.37. The number of hydrogen-bond acceptors (Lipinski definition) is 3. The highest BCUT2D eigenvalue weighted by Crippen LogP contribution is 2.31. The molecule has 1 aromatic heterocycles. The summed E-state index contributed by atoms with van der Waals surface area (Å²) in [5.74, 6) is -0.0613. The van der Waals surface area contributed by atoms with Crippen molar-refractivity contribution in [1.82, 2.24) is 20.0 Å². The van der Waals surface area contributed by atoms with Crippen LogP contribution in [0.25, 0.3) is 0 Å². The van der Waals surface area contributed by atoms with E-state index >= 15 is 0 Å². The van der Waals surface area contributed by atoms with Gasteiger partial charge < -0.3 is 10.2 Å². The lowest BCUT2D eigenvalue weighted by Crippen LogP contribution is -2.64. The van der Waals surface area contributed by atoms with E-state index in [0.29, 0.717) is 23.8 Å². The fraction of sp³-hybridized carbons (Fsp3) is 0.542. The van der Waals surface area contributed by atoms with E-state index in [1.165, 1.54) is 6.42 Å². The molecule has 4 rings (SSSR count). The molecule has 7 heteroatoms. The molecule has 0 saturated heterocycles. The van der Waals surface area contributed by atoms with E-state index in [1.807, 2.05) is 37.3 Å². The number of halogens is 1. The zero-order valence-electron chi connectivity index (χ0n) is 18.5. The Morgan fingerprint density at radius 1 is 1.23 bits per heavy atom. The third kappa shape index (κ3) is 4.36. The van der Waals surface area contributed by atoms with E-state index in [4.69, 9.17) is 11.6 Å². The van der Waals surface area contributed by atoms with Gasteiger partial charge in [0.25, 0.3) is 5.91 Å². The largest absolute Gasteiger partial charge is 0.351 e. The van der Waals surface area contributed by atoms with E-state index in [0.717, 1.165) is 36.9 Å². The highest BCUT2D eigenvalue weighted by molar-refractivity contribution is 6.30. The van der Waals surface area contributed by atoms with E-state index < -0.39 is 5.54 Å². The average Bonchev–Trinajstić information content (AvgIpc) is 3.17. The summed E-state index contributed by atoms with van der Waals surface area (Å²) in [6.07, 6.45) is 5.49. The topological polar surface area (TPSA) is 67.2 Å². The number of carbonyl (C=O) groups is 2. The van der Waals surface area contributed by atoms with Crippen LogP contribution in [0.15, 0.2) is 30.3 Å². The first kappa shape index (κ1) is 21.9. The normalized spacial score (nSPS) is 22.0. The van der Waals surface area contributed by atoms with Crippen LogP contribution in [0.4, 0.5) is 0 Å². The van der Waals surface area contributed by atoms with E-state index in [9.17, 15) is 9.59 Å². The number of nitrogens with zero attached hydrogens (tertiary/aromatic N) is 3. The molecular weight excluding hydrogens is 412 g/mol. The highest BCUT2D eigenvalue weighted by Gasteiger charge is 2.48. The van der Waals surface area contributed by atoms with E-state index in [2.05, 4.69) is 24.3 Å². The van der Waals surface area contributed by atoms with Gasteiger partial charge >= 0.3 is 0 Å². The first-order valence-corrected chi connectivity index (χ1v) is 11.6. The van der Waals surface area contributed by atoms with Gasteiger partial charge in [0, 0.05) is 17.6 Å². The third-order valence-electron chi connectivity index (χ3n) is 6.59. The second kappa shape index (κ2) is 8.65. The molecule has 1 aliphatic carbocycles. The molecule has 6 nitrogen and oxygen atoms in total. The molecule has 0 spiro atoms. The lowest BCUT2D eigenvalue weighted by atomic mass is 9.91. The van der Waals surface area contributed by atoms with Gasteiger partial charge in [-0.25, -0.2) is 0 Å². The fourth-order valence-corrected chi connectivity index (χ4v) is 4.68. The molecule has 1 atom stereocenters. The average molecular weight is 443 g/mol. The molecule has 0 radical (unpaired) electrons. The zero-order valence-corrected chi connectivity index (χ0v) is 19.3. The Morgan fingerprint density at radius 2 is 1.90 bits per heavy atom. The van der Waals surface area contributed by atoms with Crippen molar-refractivity contribution < 1.29 is 9.59 Å². The summed E-state index contributed by atoms with van der Waals surface area (Å²) < 4.78 is 1.72. The van der Waals surface area contributed by atoms with Gasteiger partial charge in [-0.2, -0.15) is 5.10 Å². The maximum Gasteiger partial charge on any atom is 0.273 e. The second-order valence-corrected chi connectivity index (χ2v) is 9.80. The highest BCUT2D eigenvalue weighted by atomic mass is 35.5. The lowest BCUT2D eigenvalue weighted by molar-refractivity contribution is -0.134. The van der Waals surface area contributed by atoms with Crippen LogP contribution in [-0.2, 0) is 17.9 Å². The van der Waals surface area contributed by atoms with Gasteiger partial charge in [-0.1, -0.05) is 56.8 Å². The molecule has 2 amide bonds. The third-order valence-corrected chi connectivity index (χ3v) is 6.84. The SMILES string of the molecule is CC(C)c1cc2n(n1)CC(C)(C(=O)NC1CCCCC1)N(Cc1ccc(Cl)cc1)C2=O. The van der Waals surface area contributed by atoms with E-state index in [-0.39, 0.29) is 23.8 Å². The zero-order chi connectivity index (χ0) is 22.2. The quantitative estimate of drug-likeness (QED) is 0.740. The van der Waals surface area contributed by atoms with Crippen LogP contribution in [0.1, 0.15) is 80.5 Å². The number of aromatic nitrogens is 2. The molecule has 1 aliphatic heterocycles. The molecule has 1 aromatic carbocycles. The standard InChI is InChI=1S/C24H31ClN4O2/c1-16(2)20-13-21-22(30)28(14-17-9-11-18(25)12-10-17)24(3,15-29(21)27-20)23(31)26-19-7-5-4-6-8-19/h9-13,16,19H,4-8,14-15H2,1-3H3,(H,26,31). The van der Waals surface area contributed by atoms with Gasteiger partial charge in [-0.15, -0.1) is 0 Å². The van der Waals surface area contributed by atoms with Crippen LogP contribution >= 0.6 is 11.6 Å². The molecule has 2 aliphatic rings. The Kier molecular flexibility index (Phi) is 6.11. The van der Waals surface area contributed by atoms with Crippen molar-refractivity contribution in [3.8, 4) is 0 Å². The summed E-state index contributed by atoms with van der Waals surface area (Å²) in [6, 6.07) is 9.47. The Morgan fingerprint density at radius 3 is 2.55 bits per heavy atom. The first-order valence-electron chi connectivity index (χ1n) is 11.2. The molecule has 1 unspecified atom stereocenters. The summed E-state index contributed by atoms with van der Waals surface area (Å²) >= 11 is 6.04. The van der Waals surface area contributed by atoms with Gasteiger partial charge in [0.2, 0.25) is 5.91 Å². The number of amides is 2. The van der Waals surface area contributed by atoms with Crippen LogP contribution in [0.2, 0.25) is 5.02 Å². The molecule has 31 heavy (non-hydrogen) atoms. The number of fused-ring (bicyclic) bond motifs is 1. The van der Waals surface area contributed by atoms with Crippen molar-refractivity contribution in [2.45, 2.75) is 83.5 Å². The van der Waals surface area contributed by atoms with Crippen molar-refractivity contribution in [1.29, 1.82) is 0 Å². The van der Waals surface area contributed by atoms with Crippen LogP contribution < -0.4 is 5.32 Å². The molecule has 0 bridgehead atoms. The predicted molar refractivity (Wildman–Crippen MR) is 121 cm³/mol. The maximum atomic E-state index is 13.6. The number of rotatable bonds is 5. The fourth-order valence-electron chi connectivity index (χ4n) is 4.55. The maximum absolute atomic E-state index is 13.6. The number of nitrogens with one attached hydrogen (secondary N) is 1. The number of carbonyl (C=O) groups excluding carboxylic acids is 2. The minimum atomic E-state index is -1.03. The van der Waals surface area contributed by atoms with Crippen LogP contribution in [0.3, 0.4) is 0 Å². The van der Waals surface area contributed by atoms with Crippen molar-refractivity contribution >= 4 is 23.4 Å². The lowest BCUT2D eigenvalue weighted by Gasteiger charge is -2.44. The van der Waals surface area contributed by atoms with Crippen molar-refractivity contribution in [3.05, 3.63) is 52.3 Å². The molecule has 2 heterocycles. The van der Waals surface area contributed by atoms with Crippen LogP contribution in [0.5, 0.6) is 0 Å². The minimum Gasteiger partial charge on any atom is -0.351 e. The molecule has 166 valence electrons. The van der Waals surface area contributed by atoms with Gasteiger partial charge in [-0.05, 0) is 49.4 Å². The minimum absolute atomic E-state index is 0.103. The summed E-state index contributed by atoms with van der Waals surface area (Å²) in [4.78, 5) is 28.9. The van der Waals surface area contributed by atoms with Gasteiger partial charge in [0.05, 0.1) is 12.2 Å². The Bertz CT molecular complexity index is 962. The van der Waals surface area contributed by atoms with Crippen molar-refractivity contribution in [3.63, 3.8) is 0 Å². The Labute approximate surface area is 188 Å². The number of hydrogen-bond donors (Lipinski definition) is 1.